The summed E-state index contributed by atoms with van der Waals surface area (Å²) in [6, 6.07) is 16.7. The smallest absolute Gasteiger partial charge is 0.0603 e. The van der Waals surface area contributed by atoms with Crippen LogP contribution >= 0.6 is 22.9 Å². The van der Waals surface area contributed by atoms with E-state index in [9.17, 15) is 0 Å². The molecule has 0 radical (unpaired) electrons. The van der Waals surface area contributed by atoms with Gasteiger partial charge in [0.1, 0.15) is 0 Å². The number of thiophene rings is 1. The van der Waals surface area contributed by atoms with Crippen molar-refractivity contribution in [3.63, 3.8) is 0 Å². The fourth-order valence-electron chi connectivity index (χ4n) is 2.43. The zero-order chi connectivity index (χ0) is 13.2. The van der Waals surface area contributed by atoms with E-state index in [1.807, 2.05) is 25.2 Å². The van der Waals surface area contributed by atoms with Crippen molar-refractivity contribution in [3.05, 3.63) is 70.1 Å². The lowest BCUT2D eigenvalue weighted by atomic mass is 9.98. The fraction of sp³-hybridized carbons (Fsp3) is 0.125. The summed E-state index contributed by atoms with van der Waals surface area (Å²) in [6.07, 6.45) is 0. The van der Waals surface area contributed by atoms with Gasteiger partial charge in [-0.1, -0.05) is 48.0 Å². The standard InChI is InChI=1S/C16H14ClNS/c1-18-15(12-6-2-3-8-14(12)17)13-7-4-5-11-9-10-19-16(11)13/h2-10,15,18H,1H3. The number of fused-ring (bicyclic) bond motifs is 1. The van der Waals surface area contributed by atoms with E-state index in [4.69, 9.17) is 11.6 Å². The zero-order valence-electron chi connectivity index (χ0n) is 10.6. The van der Waals surface area contributed by atoms with E-state index >= 15 is 0 Å². The molecule has 1 nitrogen and oxygen atoms in total. The minimum absolute atomic E-state index is 0.121. The van der Waals surface area contributed by atoms with Crippen LogP contribution in [0.1, 0.15) is 17.2 Å². The van der Waals surface area contributed by atoms with Gasteiger partial charge in [0.25, 0.3) is 0 Å². The van der Waals surface area contributed by atoms with Crippen LogP contribution in [0.25, 0.3) is 10.1 Å². The van der Waals surface area contributed by atoms with E-state index in [-0.39, 0.29) is 6.04 Å². The lowest BCUT2D eigenvalue weighted by molar-refractivity contribution is 0.698. The lowest BCUT2D eigenvalue weighted by Crippen LogP contribution is -2.18. The highest BCUT2D eigenvalue weighted by molar-refractivity contribution is 7.17. The van der Waals surface area contributed by atoms with Crippen LogP contribution in [0.15, 0.2) is 53.9 Å². The third-order valence-electron chi connectivity index (χ3n) is 3.33. The lowest BCUT2D eigenvalue weighted by Gasteiger charge is -2.19. The maximum Gasteiger partial charge on any atom is 0.0603 e. The molecule has 1 heterocycles. The summed E-state index contributed by atoms with van der Waals surface area (Å²) in [5.41, 5.74) is 2.40. The molecule has 0 bridgehead atoms. The van der Waals surface area contributed by atoms with E-state index in [1.54, 1.807) is 11.3 Å². The molecule has 0 amide bonds. The molecular weight excluding hydrogens is 274 g/mol. The highest BCUT2D eigenvalue weighted by Crippen LogP contribution is 2.34. The normalized spacial score (nSPS) is 12.7. The van der Waals surface area contributed by atoms with Crippen LogP contribution in [0.4, 0.5) is 0 Å². The van der Waals surface area contributed by atoms with Crippen molar-refractivity contribution in [2.45, 2.75) is 6.04 Å². The Kier molecular flexibility index (Phi) is 3.56. The average molecular weight is 288 g/mol. The van der Waals surface area contributed by atoms with E-state index in [0.717, 1.165) is 10.6 Å². The van der Waals surface area contributed by atoms with Gasteiger partial charge >= 0.3 is 0 Å². The Labute approximate surface area is 121 Å². The molecule has 3 aromatic rings. The molecular formula is C16H14ClNS. The van der Waals surface area contributed by atoms with Crippen molar-refractivity contribution in [2.24, 2.45) is 0 Å². The monoisotopic (exact) mass is 287 g/mol. The summed E-state index contributed by atoms with van der Waals surface area (Å²) in [4.78, 5) is 0. The summed E-state index contributed by atoms with van der Waals surface area (Å²) in [5, 5.41) is 7.60. The van der Waals surface area contributed by atoms with Crippen LogP contribution in [-0.2, 0) is 0 Å². The Bertz CT molecular complexity index is 705. The second-order valence-electron chi connectivity index (χ2n) is 4.43. The highest BCUT2D eigenvalue weighted by Gasteiger charge is 2.17. The maximum absolute atomic E-state index is 6.34. The molecule has 0 aliphatic heterocycles. The number of hydrogen-bond donors (Lipinski definition) is 1. The summed E-state index contributed by atoms with van der Waals surface area (Å²) in [5.74, 6) is 0. The largest absolute Gasteiger partial charge is 0.309 e. The van der Waals surface area contributed by atoms with E-state index in [1.165, 1.54) is 15.6 Å². The van der Waals surface area contributed by atoms with Crippen LogP contribution in [0, 0.1) is 0 Å². The van der Waals surface area contributed by atoms with E-state index in [2.05, 4.69) is 41.0 Å². The van der Waals surface area contributed by atoms with Gasteiger partial charge in [0, 0.05) is 9.72 Å². The Balaban J connectivity index is 2.18. The maximum atomic E-state index is 6.34. The molecule has 0 aliphatic rings. The third-order valence-corrected chi connectivity index (χ3v) is 4.65. The van der Waals surface area contributed by atoms with E-state index in [0.29, 0.717) is 0 Å². The number of halogens is 1. The van der Waals surface area contributed by atoms with E-state index < -0.39 is 0 Å². The van der Waals surface area contributed by atoms with Gasteiger partial charge in [-0.2, -0.15) is 0 Å². The minimum atomic E-state index is 0.121. The first-order valence-corrected chi connectivity index (χ1v) is 7.45. The molecule has 3 rings (SSSR count). The van der Waals surface area contributed by atoms with Crippen molar-refractivity contribution in [3.8, 4) is 0 Å². The van der Waals surface area contributed by atoms with Gasteiger partial charge in [-0.3, -0.25) is 0 Å². The number of rotatable bonds is 3. The van der Waals surface area contributed by atoms with Gasteiger partial charge in [0.05, 0.1) is 6.04 Å². The Morgan fingerprint density at radius 3 is 2.58 bits per heavy atom. The first-order valence-electron chi connectivity index (χ1n) is 6.19. The molecule has 0 saturated carbocycles. The molecule has 0 aliphatic carbocycles. The molecule has 0 spiro atoms. The van der Waals surface area contributed by atoms with Crippen molar-refractivity contribution < 1.29 is 0 Å². The molecule has 1 unspecified atom stereocenters. The van der Waals surface area contributed by atoms with Gasteiger partial charge in [0.15, 0.2) is 0 Å². The molecule has 1 atom stereocenters. The number of hydrogen-bond acceptors (Lipinski definition) is 2. The molecule has 3 heteroatoms. The topological polar surface area (TPSA) is 12.0 Å². The second kappa shape index (κ2) is 5.33. The van der Waals surface area contributed by atoms with Gasteiger partial charge in [-0.15, -0.1) is 11.3 Å². The van der Waals surface area contributed by atoms with Crippen LogP contribution in [0.5, 0.6) is 0 Å². The molecule has 0 fully saturated rings. The van der Waals surface area contributed by atoms with Gasteiger partial charge < -0.3 is 5.32 Å². The molecule has 19 heavy (non-hydrogen) atoms. The fourth-order valence-corrected chi connectivity index (χ4v) is 3.62. The van der Waals surface area contributed by atoms with Crippen LogP contribution in [0.2, 0.25) is 5.02 Å². The average Bonchev–Trinajstić information content (AvgIpc) is 2.91. The van der Waals surface area contributed by atoms with Crippen molar-refractivity contribution in [1.29, 1.82) is 0 Å². The zero-order valence-corrected chi connectivity index (χ0v) is 12.1. The van der Waals surface area contributed by atoms with Crippen molar-refractivity contribution in [1.82, 2.24) is 5.32 Å². The molecule has 0 saturated heterocycles. The number of nitrogens with one attached hydrogen (secondary N) is 1. The summed E-state index contributed by atoms with van der Waals surface area (Å²) >= 11 is 8.11. The molecule has 96 valence electrons. The van der Waals surface area contributed by atoms with Gasteiger partial charge in [-0.05, 0) is 41.1 Å². The van der Waals surface area contributed by atoms with Crippen molar-refractivity contribution >= 4 is 33.0 Å². The first kappa shape index (κ1) is 12.7. The Morgan fingerprint density at radius 2 is 1.79 bits per heavy atom. The second-order valence-corrected chi connectivity index (χ2v) is 5.75. The molecule has 2 aromatic carbocycles. The van der Waals surface area contributed by atoms with Crippen LogP contribution < -0.4 is 5.32 Å². The molecule has 1 N–H and O–H groups in total. The Hall–Kier alpha value is -1.35. The van der Waals surface area contributed by atoms with Crippen LogP contribution in [-0.4, -0.2) is 7.05 Å². The first-order chi connectivity index (χ1) is 9.31. The SMILES string of the molecule is CNC(c1ccccc1Cl)c1cccc2ccsc12. The minimum Gasteiger partial charge on any atom is -0.309 e. The third kappa shape index (κ3) is 2.27. The van der Waals surface area contributed by atoms with Crippen LogP contribution in [0.3, 0.4) is 0 Å². The highest BCUT2D eigenvalue weighted by atomic mass is 35.5. The predicted octanol–water partition coefficient (Wildman–Crippen LogP) is 4.86. The summed E-state index contributed by atoms with van der Waals surface area (Å²) in [7, 11) is 1.97. The summed E-state index contributed by atoms with van der Waals surface area (Å²) in [6.45, 7) is 0. The predicted molar refractivity (Wildman–Crippen MR) is 84.2 cm³/mol. The quantitative estimate of drug-likeness (QED) is 0.725. The Morgan fingerprint density at radius 1 is 1.00 bits per heavy atom. The van der Waals surface area contributed by atoms with Crippen molar-refractivity contribution in [2.75, 3.05) is 7.05 Å². The number of benzene rings is 2. The van der Waals surface area contributed by atoms with Gasteiger partial charge in [-0.25, -0.2) is 0 Å². The molecule has 1 aromatic heterocycles. The van der Waals surface area contributed by atoms with Gasteiger partial charge in [0.2, 0.25) is 0 Å². The summed E-state index contributed by atoms with van der Waals surface area (Å²) < 4.78 is 1.32.